The minimum absolute atomic E-state index is 0.155. The second kappa shape index (κ2) is 6.51. The highest BCUT2D eigenvalue weighted by molar-refractivity contribution is 5.16. The number of likely N-dealkylation sites (N-methyl/N-ethyl adjacent to an activating group) is 1. The minimum Gasteiger partial charge on any atom is -0.318 e. The smallest absolute Gasteiger partial charge is 0.123 e. The fraction of sp³-hybridized carbons (Fsp3) is 0.455. The van der Waals surface area contributed by atoms with Crippen LogP contribution in [0.25, 0.3) is 0 Å². The molecule has 0 unspecified atom stereocenters. The summed E-state index contributed by atoms with van der Waals surface area (Å²) in [6, 6.07) is 6.75. The number of nitrogens with one attached hydrogen (secondary N) is 2. The first kappa shape index (κ1) is 11.1. The van der Waals surface area contributed by atoms with E-state index in [1.165, 1.54) is 6.07 Å². The van der Waals surface area contributed by atoms with Gasteiger partial charge in [-0.1, -0.05) is 12.1 Å². The summed E-state index contributed by atoms with van der Waals surface area (Å²) in [5.74, 6) is -0.155. The van der Waals surface area contributed by atoms with Gasteiger partial charge in [-0.25, -0.2) is 4.39 Å². The Morgan fingerprint density at radius 2 is 2.07 bits per heavy atom. The van der Waals surface area contributed by atoms with E-state index >= 15 is 0 Å². The third kappa shape index (κ3) is 4.35. The van der Waals surface area contributed by atoms with Gasteiger partial charge in [0.2, 0.25) is 0 Å². The van der Waals surface area contributed by atoms with E-state index in [-0.39, 0.29) is 5.82 Å². The van der Waals surface area contributed by atoms with Gasteiger partial charge in [-0.2, -0.15) is 0 Å². The molecule has 0 fully saturated rings. The summed E-state index contributed by atoms with van der Waals surface area (Å²) in [4.78, 5) is 0. The molecule has 0 amide bonds. The lowest BCUT2D eigenvalue weighted by atomic mass is 10.1. The zero-order valence-electron chi connectivity index (χ0n) is 8.52. The average molecular weight is 196 g/mol. The highest BCUT2D eigenvalue weighted by atomic mass is 19.1. The van der Waals surface area contributed by atoms with Crippen molar-refractivity contribution in [2.75, 3.05) is 26.7 Å². The van der Waals surface area contributed by atoms with Crippen LogP contribution >= 0.6 is 0 Å². The summed E-state index contributed by atoms with van der Waals surface area (Å²) in [5.41, 5.74) is 1.04. The van der Waals surface area contributed by atoms with Crippen LogP contribution in [0.1, 0.15) is 5.56 Å². The van der Waals surface area contributed by atoms with Crippen LogP contribution in [-0.2, 0) is 6.42 Å². The molecule has 0 saturated heterocycles. The molecule has 0 aliphatic rings. The van der Waals surface area contributed by atoms with Gasteiger partial charge < -0.3 is 10.6 Å². The van der Waals surface area contributed by atoms with Crippen molar-refractivity contribution in [1.29, 1.82) is 0 Å². The highest BCUT2D eigenvalue weighted by Crippen LogP contribution is 2.03. The van der Waals surface area contributed by atoms with Crippen molar-refractivity contribution in [3.05, 3.63) is 35.6 Å². The minimum atomic E-state index is -0.155. The number of rotatable bonds is 6. The Bertz CT molecular complexity index is 263. The molecule has 2 N–H and O–H groups in total. The molecule has 3 heteroatoms. The molecular formula is C11H17FN2. The summed E-state index contributed by atoms with van der Waals surface area (Å²) in [6.45, 7) is 2.81. The van der Waals surface area contributed by atoms with Crippen molar-refractivity contribution < 1.29 is 4.39 Å². The lowest BCUT2D eigenvalue weighted by molar-refractivity contribution is 0.620. The van der Waals surface area contributed by atoms with E-state index in [9.17, 15) is 4.39 Å². The summed E-state index contributed by atoms with van der Waals surface area (Å²) in [7, 11) is 1.92. The summed E-state index contributed by atoms with van der Waals surface area (Å²) in [5, 5.41) is 6.32. The normalized spacial score (nSPS) is 10.4. The van der Waals surface area contributed by atoms with Crippen molar-refractivity contribution in [1.82, 2.24) is 10.6 Å². The first-order valence-corrected chi connectivity index (χ1v) is 4.92. The molecule has 1 aromatic carbocycles. The average Bonchev–Trinajstić information content (AvgIpc) is 2.18. The maximum absolute atomic E-state index is 12.8. The molecule has 0 spiro atoms. The van der Waals surface area contributed by atoms with Gasteiger partial charge in [-0.3, -0.25) is 0 Å². The first-order valence-electron chi connectivity index (χ1n) is 4.92. The van der Waals surface area contributed by atoms with Crippen molar-refractivity contribution in [2.45, 2.75) is 6.42 Å². The third-order valence-corrected chi connectivity index (χ3v) is 2.03. The van der Waals surface area contributed by atoms with Crippen LogP contribution in [-0.4, -0.2) is 26.7 Å². The van der Waals surface area contributed by atoms with Crippen LogP contribution in [0.3, 0.4) is 0 Å². The van der Waals surface area contributed by atoms with E-state index in [1.807, 2.05) is 13.1 Å². The molecule has 78 valence electrons. The molecule has 0 aliphatic carbocycles. The van der Waals surface area contributed by atoms with Gasteiger partial charge in [0.15, 0.2) is 0 Å². The topological polar surface area (TPSA) is 24.1 Å². The van der Waals surface area contributed by atoms with E-state index in [1.54, 1.807) is 12.1 Å². The van der Waals surface area contributed by atoms with E-state index in [2.05, 4.69) is 10.6 Å². The van der Waals surface area contributed by atoms with Gasteiger partial charge in [0.25, 0.3) is 0 Å². The molecular weight excluding hydrogens is 179 g/mol. The molecule has 0 saturated carbocycles. The van der Waals surface area contributed by atoms with Crippen LogP contribution < -0.4 is 10.6 Å². The molecule has 0 aliphatic heterocycles. The lowest BCUT2D eigenvalue weighted by Gasteiger charge is -2.04. The largest absolute Gasteiger partial charge is 0.318 e. The van der Waals surface area contributed by atoms with E-state index in [4.69, 9.17) is 0 Å². The highest BCUT2D eigenvalue weighted by Gasteiger charge is 1.94. The van der Waals surface area contributed by atoms with Gasteiger partial charge in [0, 0.05) is 13.1 Å². The Kier molecular flexibility index (Phi) is 5.19. The van der Waals surface area contributed by atoms with Gasteiger partial charge in [-0.15, -0.1) is 0 Å². The van der Waals surface area contributed by atoms with Gasteiger partial charge in [0.1, 0.15) is 5.82 Å². The quantitative estimate of drug-likeness (QED) is 0.668. The number of hydrogen-bond acceptors (Lipinski definition) is 2. The second-order valence-corrected chi connectivity index (χ2v) is 3.23. The predicted octanol–water partition coefficient (Wildman–Crippen LogP) is 1.18. The molecule has 2 nitrogen and oxygen atoms in total. The molecule has 1 rings (SSSR count). The fourth-order valence-electron chi connectivity index (χ4n) is 1.26. The number of hydrogen-bond donors (Lipinski definition) is 2. The molecule has 0 atom stereocenters. The lowest BCUT2D eigenvalue weighted by Crippen LogP contribution is -2.26. The van der Waals surface area contributed by atoms with Gasteiger partial charge in [0.05, 0.1) is 0 Å². The fourth-order valence-corrected chi connectivity index (χ4v) is 1.26. The van der Waals surface area contributed by atoms with Crippen LogP contribution in [0.5, 0.6) is 0 Å². The van der Waals surface area contributed by atoms with Crippen LogP contribution in [0.4, 0.5) is 4.39 Å². The molecule has 1 aromatic rings. The molecule has 0 aromatic heterocycles. The van der Waals surface area contributed by atoms with Crippen LogP contribution in [0.15, 0.2) is 24.3 Å². The third-order valence-electron chi connectivity index (χ3n) is 2.03. The van der Waals surface area contributed by atoms with Gasteiger partial charge >= 0.3 is 0 Å². The van der Waals surface area contributed by atoms with Crippen molar-refractivity contribution in [3.8, 4) is 0 Å². The summed E-state index contributed by atoms with van der Waals surface area (Å²) >= 11 is 0. The number of benzene rings is 1. The Balaban J connectivity index is 2.18. The Labute approximate surface area is 84.5 Å². The second-order valence-electron chi connectivity index (χ2n) is 3.23. The van der Waals surface area contributed by atoms with Gasteiger partial charge in [-0.05, 0) is 37.7 Å². The van der Waals surface area contributed by atoms with Crippen molar-refractivity contribution >= 4 is 0 Å². The number of halogens is 1. The molecule has 0 heterocycles. The zero-order valence-corrected chi connectivity index (χ0v) is 8.52. The summed E-state index contributed by atoms with van der Waals surface area (Å²) < 4.78 is 12.8. The Hall–Kier alpha value is -0.930. The SMILES string of the molecule is CNCCNCCc1cccc(F)c1. The standard InChI is InChI=1S/C11H17FN2/c1-13-7-8-14-6-5-10-3-2-4-11(12)9-10/h2-4,9,13-14H,5-8H2,1H3. The van der Waals surface area contributed by atoms with E-state index < -0.39 is 0 Å². The maximum Gasteiger partial charge on any atom is 0.123 e. The molecule has 14 heavy (non-hydrogen) atoms. The Morgan fingerprint density at radius 1 is 1.21 bits per heavy atom. The van der Waals surface area contributed by atoms with Crippen molar-refractivity contribution in [3.63, 3.8) is 0 Å². The van der Waals surface area contributed by atoms with Crippen LogP contribution in [0, 0.1) is 5.82 Å². The van der Waals surface area contributed by atoms with Crippen LogP contribution in [0.2, 0.25) is 0 Å². The van der Waals surface area contributed by atoms with E-state index in [0.29, 0.717) is 0 Å². The Morgan fingerprint density at radius 3 is 2.79 bits per heavy atom. The summed E-state index contributed by atoms with van der Waals surface area (Å²) in [6.07, 6.45) is 0.876. The zero-order chi connectivity index (χ0) is 10.2. The maximum atomic E-state index is 12.8. The predicted molar refractivity (Wildman–Crippen MR) is 56.9 cm³/mol. The first-order chi connectivity index (χ1) is 6.83. The monoisotopic (exact) mass is 196 g/mol. The van der Waals surface area contributed by atoms with E-state index in [0.717, 1.165) is 31.6 Å². The van der Waals surface area contributed by atoms with Crippen molar-refractivity contribution in [2.24, 2.45) is 0 Å². The molecule has 0 bridgehead atoms. The molecule has 0 radical (unpaired) electrons.